The zero-order valence-corrected chi connectivity index (χ0v) is 13.5. The van der Waals surface area contributed by atoms with Gasteiger partial charge in [0, 0.05) is 18.9 Å². The third-order valence-corrected chi connectivity index (χ3v) is 3.49. The first-order chi connectivity index (χ1) is 11.2. The quantitative estimate of drug-likeness (QED) is 0.810. The first-order valence-corrected chi connectivity index (χ1v) is 7.76. The standard InChI is InChI=1S/C17H22N4O2/c1-3-21(4-2)11-12-23-16-8-6-5-7-14(16)20-17(22)15-13-18-9-10-19-15/h5-10,13H,3-4,11-12H2,1-2H3,(H,20,22). The summed E-state index contributed by atoms with van der Waals surface area (Å²) in [6, 6.07) is 7.38. The SMILES string of the molecule is CCN(CC)CCOc1ccccc1NC(=O)c1cnccn1. The van der Waals surface area contributed by atoms with E-state index in [1.165, 1.54) is 18.6 Å². The number of benzene rings is 1. The van der Waals surface area contributed by atoms with Crippen LogP contribution in [0.5, 0.6) is 5.75 Å². The van der Waals surface area contributed by atoms with Gasteiger partial charge in [-0.1, -0.05) is 26.0 Å². The highest BCUT2D eigenvalue weighted by molar-refractivity contribution is 6.03. The number of rotatable bonds is 8. The summed E-state index contributed by atoms with van der Waals surface area (Å²) in [5, 5.41) is 2.81. The molecule has 23 heavy (non-hydrogen) atoms. The third kappa shape index (κ3) is 5.03. The molecule has 1 aromatic carbocycles. The maximum atomic E-state index is 12.2. The van der Waals surface area contributed by atoms with E-state index in [4.69, 9.17) is 4.74 Å². The molecule has 1 aromatic heterocycles. The van der Waals surface area contributed by atoms with Gasteiger partial charge in [0.2, 0.25) is 0 Å². The van der Waals surface area contributed by atoms with Crippen LogP contribution >= 0.6 is 0 Å². The highest BCUT2D eigenvalue weighted by Gasteiger charge is 2.11. The van der Waals surface area contributed by atoms with Gasteiger partial charge in [-0.3, -0.25) is 9.78 Å². The van der Waals surface area contributed by atoms with Gasteiger partial charge in [0.05, 0.1) is 11.9 Å². The molecule has 0 atom stereocenters. The molecule has 6 nitrogen and oxygen atoms in total. The summed E-state index contributed by atoms with van der Waals surface area (Å²) in [7, 11) is 0. The van der Waals surface area contributed by atoms with E-state index in [1.807, 2.05) is 18.2 Å². The number of para-hydroxylation sites is 2. The van der Waals surface area contributed by atoms with Crippen LogP contribution in [0, 0.1) is 0 Å². The van der Waals surface area contributed by atoms with Crippen molar-refractivity contribution in [3.8, 4) is 5.75 Å². The monoisotopic (exact) mass is 314 g/mol. The second-order valence-electron chi connectivity index (χ2n) is 4.92. The third-order valence-electron chi connectivity index (χ3n) is 3.49. The Hall–Kier alpha value is -2.47. The predicted octanol–water partition coefficient (Wildman–Crippen LogP) is 2.45. The normalized spacial score (nSPS) is 10.6. The van der Waals surface area contributed by atoms with Crippen molar-refractivity contribution in [3.05, 3.63) is 48.5 Å². The molecule has 0 spiro atoms. The molecule has 0 aliphatic carbocycles. The van der Waals surface area contributed by atoms with Crippen molar-refractivity contribution >= 4 is 11.6 Å². The summed E-state index contributed by atoms with van der Waals surface area (Å²) < 4.78 is 5.82. The number of hydrogen-bond donors (Lipinski definition) is 1. The van der Waals surface area contributed by atoms with Crippen molar-refractivity contribution in [1.29, 1.82) is 0 Å². The number of carbonyl (C=O) groups excluding carboxylic acids is 1. The van der Waals surface area contributed by atoms with Crippen LogP contribution in [0.1, 0.15) is 24.3 Å². The fraction of sp³-hybridized carbons (Fsp3) is 0.353. The molecule has 1 N–H and O–H groups in total. The largest absolute Gasteiger partial charge is 0.490 e. The molecule has 0 aliphatic rings. The molecule has 0 bridgehead atoms. The summed E-state index contributed by atoms with van der Waals surface area (Å²) in [5.74, 6) is 0.342. The van der Waals surface area contributed by atoms with E-state index in [2.05, 4.69) is 34.0 Å². The Balaban J connectivity index is 1.99. The number of hydrogen-bond acceptors (Lipinski definition) is 5. The summed E-state index contributed by atoms with van der Waals surface area (Å²) in [4.78, 5) is 22.3. The lowest BCUT2D eigenvalue weighted by atomic mass is 10.3. The van der Waals surface area contributed by atoms with Gasteiger partial charge in [0.25, 0.3) is 5.91 Å². The summed E-state index contributed by atoms with van der Waals surface area (Å²) in [5.41, 5.74) is 0.896. The lowest BCUT2D eigenvalue weighted by Gasteiger charge is -2.19. The predicted molar refractivity (Wildman–Crippen MR) is 89.7 cm³/mol. The molecule has 2 aromatic rings. The van der Waals surface area contributed by atoms with Gasteiger partial charge in [-0.05, 0) is 25.2 Å². The molecule has 122 valence electrons. The number of amides is 1. The molecule has 6 heteroatoms. The van der Waals surface area contributed by atoms with Crippen LogP contribution in [0.3, 0.4) is 0 Å². The van der Waals surface area contributed by atoms with Gasteiger partial charge in [0.15, 0.2) is 0 Å². The molecule has 0 radical (unpaired) electrons. The van der Waals surface area contributed by atoms with Gasteiger partial charge < -0.3 is 15.0 Å². The van der Waals surface area contributed by atoms with Gasteiger partial charge in [-0.2, -0.15) is 0 Å². The summed E-state index contributed by atoms with van der Waals surface area (Å²) >= 11 is 0. The van der Waals surface area contributed by atoms with E-state index in [1.54, 1.807) is 6.07 Å². The minimum Gasteiger partial charge on any atom is -0.490 e. The van der Waals surface area contributed by atoms with E-state index in [9.17, 15) is 4.79 Å². The molecule has 0 aliphatic heterocycles. The van der Waals surface area contributed by atoms with Gasteiger partial charge >= 0.3 is 0 Å². The van der Waals surface area contributed by atoms with Crippen LogP contribution in [-0.4, -0.2) is 47.0 Å². The number of nitrogens with one attached hydrogen (secondary N) is 1. The zero-order valence-electron chi connectivity index (χ0n) is 13.5. The Morgan fingerprint density at radius 1 is 1.22 bits per heavy atom. The Morgan fingerprint density at radius 2 is 2.00 bits per heavy atom. The highest BCUT2D eigenvalue weighted by atomic mass is 16.5. The van der Waals surface area contributed by atoms with Crippen molar-refractivity contribution in [3.63, 3.8) is 0 Å². The number of anilines is 1. The van der Waals surface area contributed by atoms with E-state index in [-0.39, 0.29) is 11.6 Å². The topological polar surface area (TPSA) is 67.3 Å². The molecule has 0 unspecified atom stereocenters. The first-order valence-electron chi connectivity index (χ1n) is 7.76. The smallest absolute Gasteiger partial charge is 0.275 e. The molecule has 2 rings (SSSR count). The molecule has 0 saturated heterocycles. The van der Waals surface area contributed by atoms with E-state index >= 15 is 0 Å². The number of carbonyl (C=O) groups is 1. The van der Waals surface area contributed by atoms with Crippen LogP contribution in [0.4, 0.5) is 5.69 Å². The van der Waals surface area contributed by atoms with Crippen molar-refractivity contribution in [1.82, 2.24) is 14.9 Å². The lowest BCUT2D eigenvalue weighted by Crippen LogP contribution is -2.28. The number of aromatic nitrogens is 2. The minimum atomic E-state index is -0.308. The van der Waals surface area contributed by atoms with Crippen LogP contribution in [0.15, 0.2) is 42.9 Å². The second kappa shape index (κ2) is 8.85. The van der Waals surface area contributed by atoms with Crippen molar-refractivity contribution in [2.24, 2.45) is 0 Å². The molecular weight excluding hydrogens is 292 g/mol. The minimum absolute atomic E-state index is 0.269. The number of nitrogens with zero attached hydrogens (tertiary/aromatic N) is 3. The summed E-state index contributed by atoms with van der Waals surface area (Å²) in [6.07, 6.45) is 4.45. The average Bonchev–Trinajstić information content (AvgIpc) is 2.61. The van der Waals surface area contributed by atoms with E-state index in [0.717, 1.165) is 19.6 Å². The van der Waals surface area contributed by atoms with E-state index < -0.39 is 0 Å². The maximum absolute atomic E-state index is 12.2. The highest BCUT2D eigenvalue weighted by Crippen LogP contribution is 2.24. The van der Waals surface area contributed by atoms with Crippen LogP contribution in [-0.2, 0) is 0 Å². The van der Waals surface area contributed by atoms with Gasteiger partial charge in [-0.25, -0.2) is 4.98 Å². The van der Waals surface area contributed by atoms with Crippen molar-refractivity contribution in [2.45, 2.75) is 13.8 Å². The molecule has 0 saturated carbocycles. The van der Waals surface area contributed by atoms with Crippen molar-refractivity contribution in [2.75, 3.05) is 31.6 Å². The molecular formula is C17H22N4O2. The average molecular weight is 314 g/mol. The maximum Gasteiger partial charge on any atom is 0.275 e. The Kier molecular flexibility index (Phi) is 6.50. The van der Waals surface area contributed by atoms with E-state index in [0.29, 0.717) is 18.0 Å². The molecule has 0 fully saturated rings. The number of ether oxygens (including phenoxy) is 1. The summed E-state index contributed by atoms with van der Waals surface area (Å²) in [6.45, 7) is 7.64. The lowest BCUT2D eigenvalue weighted by molar-refractivity contribution is 0.102. The first kappa shape index (κ1) is 16.9. The second-order valence-corrected chi connectivity index (χ2v) is 4.92. The van der Waals surface area contributed by atoms with Gasteiger partial charge in [0.1, 0.15) is 18.1 Å². The molecule has 1 amide bonds. The van der Waals surface area contributed by atoms with Gasteiger partial charge in [-0.15, -0.1) is 0 Å². The Bertz CT molecular complexity index is 615. The van der Waals surface area contributed by atoms with Crippen LogP contribution in [0.25, 0.3) is 0 Å². The Morgan fingerprint density at radius 3 is 2.70 bits per heavy atom. The Labute approximate surface area is 136 Å². The fourth-order valence-corrected chi connectivity index (χ4v) is 2.12. The molecule has 1 heterocycles. The zero-order chi connectivity index (χ0) is 16.5. The van der Waals surface area contributed by atoms with Crippen LogP contribution in [0.2, 0.25) is 0 Å². The number of likely N-dealkylation sites (N-methyl/N-ethyl adjacent to an activating group) is 1. The van der Waals surface area contributed by atoms with Crippen LogP contribution < -0.4 is 10.1 Å². The van der Waals surface area contributed by atoms with Crippen molar-refractivity contribution < 1.29 is 9.53 Å². The fourth-order valence-electron chi connectivity index (χ4n) is 2.12.